The topological polar surface area (TPSA) is 20.9 Å². The Labute approximate surface area is 133 Å². The molecule has 1 aromatic heterocycles. The second-order valence-corrected chi connectivity index (χ2v) is 5.49. The van der Waals surface area contributed by atoms with Gasteiger partial charge in [0.25, 0.3) is 0 Å². The molecule has 1 aromatic carbocycles. The van der Waals surface area contributed by atoms with Gasteiger partial charge in [0.2, 0.25) is 0 Å². The van der Waals surface area contributed by atoms with Gasteiger partial charge in [0, 0.05) is 24.1 Å². The number of carbonyl (C=O) groups is 1. The summed E-state index contributed by atoms with van der Waals surface area (Å²) in [6.07, 6.45) is 12.8. The van der Waals surface area contributed by atoms with Gasteiger partial charge in [-0.3, -0.25) is 4.79 Å². The van der Waals surface area contributed by atoms with E-state index in [1.807, 2.05) is 36.4 Å². The minimum atomic E-state index is 0.0388. The summed E-state index contributed by atoms with van der Waals surface area (Å²) in [7, 11) is 0. The number of unbranched alkanes of at least 4 members (excludes halogenated alkanes) is 3. The number of nitrogens with zero attached hydrogens (tertiary/aromatic N) is 1. The molecule has 2 heteroatoms. The van der Waals surface area contributed by atoms with Gasteiger partial charge >= 0.3 is 0 Å². The predicted molar refractivity (Wildman–Crippen MR) is 90.6 cm³/mol. The molecule has 0 atom stereocenters. The van der Waals surface area contributed by atoms with E-state index in [-0.39, 0.29) is 5.78 Å². The van der Waals surface area contributed by atoms with E-state index in [2.05, 4.69) is 36.0 Å². The number of pyridine rings is 1. The number of ketones is 1. The second-order valence-electron chi connectivity index (χ2n) is 5.49. The first-order valence-electron chi connectivity index (χ1n) is 8.06. The van der Waals surface area contributed by atoms with Crippen LogP contribution < -0.4 is 4.57 Å². The zero-order chi connectivity index (χ0) is 15.6. The zero-order valence-corrected chi connectivity index (χ0v) is 13.2. The molecule has 0 unspecified atom stereocenters. The highest BCUT2D eigenvalue weighted by Gasteiger charge is 2.01. The van der Waals surface area contributed by atoms with E-state index in [0.29, 0.717) is 0 Å². The summed E-state index contributed by atoms with van der Waals surface area (Å²) in [5.41, 5.74) is 1.77. The van der Waals surface area contributed by atoms with Crippen molar-refractivity contribution in [1.29, 1.82) is 0 Å². The van der Waals surface area contributed by atoms with Crippen LogP contribution in [0.3, 0.4) is 0 Å². The highest BCUT2D eigenvalue weighted by atomic mass is 16.1. The van der Waals surface area contributed by atoms with Gasteiger partial charge in [0.15, 0.2) is 18.2 Å². The number of allylic oxidation sites excluding steroid dienone is 1. The Morgan fingerprint density at radius 2 is 1.73 bits per heavy atom. The zero-order valence-electron chi connectivity index (χ0n) is 13.2. The summed E-state index contributed by atoms with van der Waals surface area (Å²) in [4.78, 5) is 12.0. The molecule has 0 saturated carbocycles. The maximum Gasteiger partial charge on any atom is 0.185 e. The molecule has 0 bridgehead atoms. The van der Waals surface area contributed by atoms with E-state index in [4.69, 9.17) is 0 Å². The van der Waals surface area contributed by atoms with E-state index < -0.39 is 0 Å². The molecule has 2 nitrogen and oxygen atoms in total. The van der Waals surface area contributed by atoms with Crippen LogP contribution in [-0.2, 0) is 6.54 Å². The SMILES string of the molecule is CCCCCC[n+]1ccc(/C=C/C(=O)c2ccccc2)cc1. The molecular formula is C20H24NO+. The van der Waals surface area contributed by atoms with Crippen molar-refractivity contribution in [3.8, 4) is 0 Å². The molecule has 0 aliphatic rings. The third-order valence-electron chi connectivity index (χ3n) is 3.67. The van der Waals surface area contributed by atoms with Gasteiger partial charge < -0.3 is 0 Å². The highest BCUT2D eigenvalue weighted by molar-refractivity contribution is 6.06. The van der Waals surface area contributed by atoms with E-state index in [1.54, 1.807) is 6.08 Å². The number of hydrogen-bond donors (Lipinski definition) is 0. The first-order chi connectivity index (χ1) is 10.8. The van der Waals surface area contributed by atoms with Gasteiger partial charge in [-0.25, -0.2) is 4.57 Å². The summed E-state index contributed by atoms with van der Waals surface area (Å²) in [6, 6.07) is 13.4. The average Bonchev–Trinajstić information content (AvgIpc) is 2.58. The maximum absolute atomic E-state index is 12.0. The third kappa shape index (κ3) is 5.28. The molecule has 0 fully saturated rings. The minimum Gasteiger partial charge on any atom is -0.289 e. The van der Waals surface area contributed by atoms with Crippen LogP contribution >= 0.6 is 0 Å². The van der Waals surface area contributed by atoms with Gasteiger partial charge in [-0.1, -0.05) is 56.2 Å². The van der Waals surface area contributed by atoms with Gasteiger partial charge in [-0.05, 0) is 18.1 Å². The van der Waals surface area contributed by atoms with Crippen molar-refractivity contribution in [3.05, 3.63) is 72.1 Å². The standard InChI is InChI=1S/C20H24NO/c1-2-3-4-8-15-21-16-13-18(14-17-21)11-12-20(22)19-9-6-5-7-10-19/h5-7,9-14,16-17H,2-4,8,15H2,1H3/q+1/b12-11+. The van der Waals surface area contributed by atoms with Crippen LogP contribution in [0.5, 0.6) is 0 Å². The fraction of sp³-hybridized carbons (Fsp3) is 0.300. The lowest BCUT2D eigenvalue weighted by atomic mass is 10.1. The molecular weight excluding hydrogens is 270 g/mol. The first-order valence-corrected chi connectivity index (χ1v) is 8.06. The van der Waals surface area contributed by atoms with Crippen molar-refractivity contribution in [2.24, 2.45) is 0 Å². The molecule has 1 heterocycles. The van der Waals surface area contributed by atoms with Crippen LogP contribution in [0.4, 0.5) is 0 Å². The Bertz CT molecular complexity index is 599. The average molecular weight is 294 g/mol. The van der Waals surface area contributed by atoms with Gasteiger partial charge in [-0.15, -0.1) is 0 Å². The molecule has 114 valence electrons. The summed E-state index contributed by atoms with van der Waals surface area (Å²) in [5.74, 6) is 0.0388. The molecule has 2 aromatic rings. The molecule has 0 N–H and O–H groups in total. The minimum absolute atomic E-state index is 0.0388. The molecule has 0 aliphatic carbocycles. The van der Waals surface area contributed by atoms with E-state index in [1.165, 1.54) is 25.7 Å². The van der Waals surface area contributed by atoms with Gasteiger partial charge in [0.05, 0.1) is 0 Å². The predicted octanol–water partition coefficient (Wildman–Crippen LogP) is 4.45. The van der Waals surface area contributed by atoms with E-state index in [9.17, 15) is 4.79 Å². The van der Waals surface area contributed by atoms with Gasteiger partial charge in [0.1, 0.15) is 6.54 Å². The lowest BCUT2D eigenvalue weighted by molar-refractivity contribution is -0.697. The second kappa shape index (κ2) is 8.93. The summed E-state index contributed by atoms with van der Waals surface area (Å²) >= 11 is 0. The monoisotopic (exact) mass is 294 g/mol. The smallest absolute Gasteiger partial charge is 0.185 e. The Balaban J connectivity index is 1.88. The normalized spacial score (nSPS) is 11.0. The molecule has 0 aliphatic heterocycles. The number of hydrogen-bond acceptors (Lipinski definition) is 1. The van der Waals surface area contributed by atoms with Gasteiger partial charge in [-0.2, -0.15) is 0 Å². The van der Waals surface area contributed by atoms with Crippen molar-refractivity contribution in [3.63, 3.8) is 0 Å². The van der Waals surface area contributed by atoms with Crippen LogP contribution in [0.2, 0.25) is 0 Å². The van der Waals surface area contributed by atoms with Crippen molar-refractivity contribution in [1.82, 2.24) is 0 Å². The highest BCUT2D eigenvalue weighted by Crippen LogP contribution is 2.05. The number of aromatic nitrogens is 1. The van der Waals surface area contributed by atoms with Crippen molar-refractivity contribution in [2.45, 2.75) is 39.2 Å². The Morgan fingerprint density at radius 3 is 2.41 bits per heavy atom. The van der Waals surface area contributed by atoms with Crippen LogP contribution in [0.1, 0.15) is 48.5 Å². The van der Waals surface area contributed by atoms with E-state index >= 15 is 0 Å². The quantitative estimate of drug-likeness (QED) is 0.305. The Kier molecular flexibility index (Phi) is 6.56. The fourth-order valence-corrected chi connectivity index (χ4v) is 2.32. The number of carbonyl (C=O) groups excluding carboxylic acids is 1. The largest absolute Gasteiger partial charge is 0.289 e. The number of rotatable bonds is 8. The van der Waals surface area contributed by atoms with E-state index in [0.717, 1.165) is 17.7 Å². The molecule has 0 saturated heterocycles. The summed E-state index contributed by atoms with van der Waals surface area (Å²) in [5, 5.41) is 0. The molecule has 0 amide bonds. The van der Waals surface area contributed by atoms with Crippen molar-refractivity contribution < 1.29 is 9.36 Å². The molecule has 0 radical (unpaired) electrons. The van der Waals surface area contributed by atoms with Crippen molar-refractivity contribution >= 4 is 11.9 Å². The van der Waals surface area contributed by atoms with Crippen molar-refractivity contribution in [2.75, 3.05) is 0 Å². The molecule has 0 spiro atoms. The summed E-state index contributed by atoms with van der Waals surface area (Å²) < 4.78 is 2.20. The lowest BCUT2D eigenvalue weighted by Crippen LogP contribution is -2.32. The number of benzene rings is 1. The maximum atomic E-state index is 12.0. The molecule has 22 heavy (non-hydrogen) atoms. The fourth-order valence-electron chi connectivity index (χ4n) is 2.32. The number of aryl methyl sites for hydroxylation is 1. The van der Waals surface area contributed by atoms with Crippen LogP contribution in [0.15, 0.2) is 60.9 Å². The van der Waals surface area contributed by atoms with Crippen LogP contribution in [-0.4, -0.2) is 5.78 Å². The Morgan fingerprint density at radius 1 is 1.00 bits per heavy atom. The Hall–Kier alpha value is -2.22. The first kappa shape index (κ1) is 16.2. The van der Waals surface area contributed by atoms with Crippen LogP contribution in [0.25, 0.3) is 6.08 Å². The lowest BCUT2D eigenvalue weighted by Gasteiger charge is -1.98. The summed E-state index contributed by atoms with van der Waals surface area (Å²) in [6.45, 7) is 3.29. The molecule has 2 rings (SSSR count). The third-order valence-corrected chi connectivity index (χ3v) is 3.67. The van der Waals surface area contributed by atoms with Crippen LogP contribution in [0, 0.1) is 0 Å².